The maximum atomic E-state index is 12.9. The summed E-state index contributed by atoms with van der Waals surface area (Å²) in [5, 5.41) is 8.98. The Balaban J connectivity index is 1.78. The van der Waals surface area contributed by atoms with Crippen LogP contribution < -0.4 is 0 Å². The zero-order valence-electron chi connectivity index (χ0n) is 14.4. The predicted octanol–water partition coefficient (Wildman–Crippen LogP) is 2.09. The highest BCUT2D eigenvalue weighted by Gasteiger charge is 2.34. The summed E-state index contributed by atoms with van der Waals surface area (Å²) < 4.78 is 27.1. The molecule has 0 aliphatic carbocycles. The molecule has 2 aromatic rings. The van der Waals surface area contributed by atoms with E-state index in [1.54, 1.807) is 41.3 Å². The summed E-state index contributed by atoms with van der Waals surface area (Å²) in [6.45, 7) is 2.61. The van der Waals surface area contributed by atoms with Gasteiger partial charge in [0.25, 0.3) is 5.91 Å². The molecule has 1 fully saturated rings. The topological polar surface area (TPSA) is 81.5 Å². The lowest BCUT2D eigenvalue weighted by Gasteiger charge is -2.39. The molecule has 0 bridgehead atoms. The second-order valence-electron chi connectivity index (χ2n) is 6.22. The van der Waals surface area contributed by atoms with Gasteiger partial charge in [0.1, 0.15) is 0 Å². The van der Waals surface area contributed by atoms with Gasteiger partial charge in [0.15, 0.2) is 0 Å². The third-order valence-electron chi connectivity index (χ3n) is 4.47. The summed E-state index contributed by atoms with van der Waals surface area (Å²) in [5.74, 6) is -0.0957. The van der Waals surface area contributed by atoms with Gasteiger partial charge >= 0.3 is 0 Å². The van der Waals surface area contributed by atoms with E-state index in [0.717, 1.165) is 0 Å². The summed E-state index contributed by atoms with van der Waals surface area (Å²) in [6.07, 6.45) is 0. The molecule has 0 radical (unpaired) electrons. The minimum atomic E-state index is -3.70. The minimum Gasteiger partial charge on any atom is -0.333 e. The van der Waals surface area contributed by atoms with Crippen molar-refractivity contribution >= 4 is 15.9 Å². The predicted molar refractivity (Wildman–Crippen MR) is 96.9 cm³/mol. The molecular weight excluding hydrogens is 350 g/mol. The number of rotatable bonds is 3. The number of nitriles is 1. The number of hydrogen-bond donors (Lipinski definition) is 0. The van der Waals surface area contributed by atoms with E-state index < -0.39 is 10.0 Å². The highest BCUT2D eigenvalue weighted by atomic mass is 32.2. The number of benzene rings is 2. The Morgan fingerprint density at radius 1 is 1.12 bits per heavy atom. The van der Waals surface area contributed by atoms with Gasteiger partial charge in [0, 0.05) is 31.2 Å². The molecule has 1 aliphatic rings. The Labute approximate surface area is 153 Å². The molecule has 0 spiro atoms. The summed E-state index contributed by atoms with van der Waals surface area (Å²) >= 11 is 0. The maximum absolute atomic E-state index is 12.9. The average Bonchev–Trinajstić information content (AvgIpc) is 2.68. The van der Waals surface area contributed by atoms with Gasteiger partial charge in [0.05, 0.1) is 16.5 Å². The molecule has 3 rings (SSSR count). The average molecular weight is 369 g/mol. The largest absolute Gasteiger partial charge is 0.333 e. The normalized spacial score (nSPS) is 18.3. The van der Waals surface area contributed by atoms with Crippen LogP contribution in [0.25, 0.3) is 0 Å². The SMILES string of the molecule is C[C@H]1CN(S(=O)(=O)c2cccc(C#N)c2)CCN1C(=O)c1ccccc1. The molecule has 1 heterocycles. The Morgan fingerprint density at radius 3 is 2.50 bits per heavy atom. The van der Waals surface area contributed by atoms with Crippen molar-refractivity contribution in [3.8, 4) is 6.07 Å². The van der Waals surface area contributed by atoms with Crippen molar-refractivity contribution in [1.29, 1.82) is 5.26 Å². The zero-order valence-corrected chi connectivity index (χ0v) is 15.2. The van der Waals surface area contributed by atoms with Crippen LogP contribution in [0.2, 0.25) is 0 Å². The number of carbonyl (C=O) groups is 1. The molecule has 0 unspecified atom stereocenters. The Kier molecular flexibility index (Phi) is 5.07. The van der Waals surface area contributed by atoms with Crippen molar-refractivity contribution in [2.24, 2.45) is 0 Å². The first-order chi connectivity index (χ1) is 12.4. The van der Waals surface area contributed by atoms with Gasteiger partial charge in [-0.3, -0.25) is 4.79 Å². The third kappa shape index (κ3) is 3.47. The van der Waals surface area contributed by atoms with Crippen molar-refractivity contribution in [2.75, 3.05) is 19.6 Å². The van der Waals surface area contributed by atoms with Crippen molar-refractivity contribution in [3.63, 3.8) is 0 Å². The van der Waals surface area contributed by atoms with E-state index in [9.17, 15) is 13.2 Å². The second-order valence-corrected chi connectivity index (χ2v) is 8.15. The van der Waals surface area contributed by atoms with Gasteiger partial charge in [-0.2, -0.15) is 9.57 Å². The Hall–Kier alpha value is -2.69. The first-order valence-electron chi connectivity index (χ1n) is 8.30. The molecule has 1 aliphatic heterocycles. The van der Waals surface area contributed by atoms with E-state index in [1.807, 2.05) is 19.1 Å². The van der Waals surface area contributed by atoms with Gasteiger partial charge in [-0.15, -0.1) is 0 Å². The molecule has 26 heavy (non-hydrogen) atoms. The molecule has 0 aromatic heterocycles. The number of carbonyl (C=O) groups excluding carboxylic acids is 1. The number of amides is 1. The molecule has 134 valence electrons. The van der Waals surface area contributed by atoms with Crippen LogP contribution in [-0.4, -0.2) is 49.2 Å². The van der Waals surface area contributed by atoms with Gasteiger partial charge in [-0.25, -0.2) is 8.42 Å². The number of nitrogens with zero attached hydrogens (tertiary/aromatic N) is 3. The van der Waals surface area contributed by atoms with Crippen LogP contribution in [0.15, 0.2) is 59.5 Å². The lowest BCUT2D eigenvalue weighted by molar-refractivity contribution is 0.0591. The monoisotopic (exact) mass is 369 g/mol. The van der Waals surface area contributed by atoms with Crippen molar-refractivity contribution in [1.82, 2.24) is 9.21 Å². The second kappa shape index (κ2) is 7.28. The van der Waals surface area contributed by atoms with Crippen LogP contribution in [0.4, 0.5) is 0 Å². The van der Waals surface area contributed by atoms with E-state index in [-0.39, 0.29) is 29.9 Å². The molecule has 7 heteroatoms. The van der Waals surface area contributed by atoms with Crippen LogP contribution in [0.1, 0.15) is 22.8 Å². The number of hydrogen-bond acceptors (Lipinski definition) is 4. The molecule has 1 saturated heterocycles. The molecule has 6 nitrogen and oxygen atoms in total. The van der Waals surface area contributed by atoms with E-state index in [2.05, 4.69) is 0 Å². The lowest BCUT2D eigenvalue weighted by atomic mass is 10.1. The maximum Gasteiger partial charge on any atom is 0.254 e. The smallest absolute Gasteiger partial charge is 0.254 e. The quantitative estimate of drug-likeness (QED) is 0.830. The third-order valence-corrected chi connectivity index (χ3v) is 6.33. The lowest BCUT2D eigenvalue weighted by Crippen LogP contribution is -2.55. The molecule has 1 amide bonds. The highest BCUT2D eigenvalue weighted by Crippen LogP contribution is 2.22. The first-order valence-corrected chi connectivity index (χ1v) is 9.74. The molecule has 0 saturated carbocycles. The van der Waals surface area contributed by atoms with Gasteiger partial charge in [-0.05, 0) is 37.3 Å². The minimum absolute atomic E-state index is 0.0957. The van der Waals surface area contributed by atoms with Crippen molar-refractivity contribution in [3.05, 3.63) is 65.7 Å². The molecule has 0 N–H and O–H groups in total. The van der Waals surface area contributed by atoms with Crippen LogP contribution in [0.3, 0.4) is 0 Å². The molecular formula is C19H19N3O3S. The van der Waals surface area contributed by atoms with E-state index in [1.165, 1.54) is 16.4 Å². The van der Waals surface area contributed by atoms with Crippen LogP contribution in [0.5, 0.6) is 0 Å². The van der Waals surface area contributed by atoms with Crippen LogP contribution in [0, 0.1) is 11.3 Å². The highest BCUT2D eigenvalue weighted by molar-refractivity contribution is 7.89. The van der Waals surface area contributed by atoms with E-state index in [0.29, 0.717) is 17.7 Å². The van der Waals surface area contributed by atoms with Crippen LogP contribution >= 0.6 is 0 Å². The molecule has 2 aromatic carbocycles. The number of sulfonamides is 1. The zero-order chi connectivity index (χ0) is 18.7. The fourth-order valence-corrected chi connectivity index (χ4v) is 4.62. The summed E-state index contributed by atoms with van der Waals surface area (Å²) in [7, 11) is -3.70. The van der Waals surface area contributed by atoms with Crippen molar-refractivity contribution < 1.29 is 13.2 Å². The van der Waals surface area contributed by atoms with Gasteiger partial charge in [-0.1, -0.05) is 24.3 Å². The summed E-state index contributed by atoms with van der Waals surface area (Å²) in [4.78, 5) is 14.4. The fraction of sp³-hybridized carbons (Fsp3) is 0.263. The summed E-state index contributed by atoms with van der Waals surface area (Å²) in [6, 6.07) is 16.7. The van der Waals surface area contributed by atoms with Gasteiger partial charge in [0.2, 0.25) is 10.0 Å². The Morgan fingerprint density at radius 2 is 1.85 bits per heavy atom. The van der Waals surface area contributed by atoms with E-state index >= 15 is 0 Å². The van der Waals surface area contributed by atoms with Gasteiger partial charge < -0.3 is 4.90 Å². The Bertz CT molecular complexity index is 951. The fourth-order valence-electron chi connectivity index (χ4n) is 3.07. The van der Waals surface area contributed by atoms with Crippen LogP contribution in [-0.2, 0) is 10.0 Å². The standard InChI is InChI=1S/C19H19N3O3S/c1-15-14-21(26(24,25)18-9-5-6-16(12-18)13-20)10-11-22(15)19(23)17-7-3-2-4-8-17/h2-9,12,15H,10-11,14H2,1H3/t15-/m0/s1. The van der Waals surface area contributed by atoms with Crippen molar-refractivity contribution in [2.45, 2.75) is 17.9 Å². The molecule has 1 atom stereocenters. The number of piperazine rings is 1. The summed E-state index contributed by atoms with van der Waals surface area (Å²) in [5.41, 5.74) is 0.898. The first kappa shape index (κ1) is 18.1. The van der Waals surface area contributed by atoms with E-state index in [4.69, 9.17) is 5.26 Å².